The van der Waals surface area contributed by atoms with E-state index in [2.05, 4.69) is 0 Å². The Morgan fingerprint density at radius 2 is 2.36 bits per heavy atom. The van der Waals surface area contributed by atoms with Crippen LogP contribution < -0.4 is 5.73 Å². The smallest absolute Gasteiger partial charge is 0.219 e. The van der Waals surface area contributed by atoms with Gasteiger partial charge in [-0.2, -0.15) is 0 Å². The van der Waals surface area contributed by atoms with Gasteiger partial charge in [-0.05, 0) is 19.3 Å². The summed E-state index contributed by atoms with van der Waals surface area (Å²) in [7, 11) is 0. The molecule has 3 unspecified atom stereocenters. The van der Waals surface area contributed by atoms with E-state index in [4.69, 9.17) is 5.73 Å². The third kappa shape index (κ3) is 1.33. The number of amides is 1. The molecule has 1 saturated carbocycles. The number of nitrogens with two attached hydrogens (primary N) is 1. The molecule has 3 aliphatic rings. The van der Waals surface area contributed by atoms with Crippen LogP contribution >= 0.6 is 0 Å². The Bertz CT molecular complexity index is 257. The van der Waals surface area contributed by atoms with Gasteiger partial charge in [0.25, 0.3) is 0 Å². The summed E-state index contributed by atoms with van der Waals surface area (Å²) in [6.07, 6.45) is 2.68. The van der Waals surface area contributed by atoms with Crippen molar-refractivity contribution in [1.82, 2.24) is 4.90 Å². The molecule has 3 N–H and O–H groups in total. The fraction of sp³-hybridized carbons (Fsp3) is 0.900. The highest BCUT2D eigenvalue weighted by molar-refractivity contribution is 5.74. The monoisotopic (exact) mass is 198 g/mol. The molecule has 4 nitrogen and oxygen atoms in total. The minimum absolute atomic E-state index is 0.124. The second-order valence-electron chi connectivity index (χ2n) is 4.61. The normalized spacial score (nSPS) is 41.5. The maximum Gasteiger partial charge on any atom is 0.219 e. The first kappa shape index (κ1) is 9.93. The molecule has 1 amide bonds. The van der Waals surface area contributed by atoms with Gasteiger partial charge in [0.15, 0.2) is 0 Å². The maximum atomic E-state index is 11.3. The molecule has 0 aromatic heterocycles. The van der Waals surface area contributed by atoms with Crippen LogP contribution in [0.1, 0.15) is 26.2 Å². The fourth-order valence-corrected chi connectivity index (χ4v) is 2.89. The Morgan fingerprint density at radius 1 is 1.64 bits per heavy atom. The summed E-state index contributed by atoms with van der Waals surface area (Å²) in [5.41, 5.74) is 4.88. The van der Waals surface area contributed by atoms with Gasteiger partial charge in [0, 0.05) is 32.0 Å². The van der Waals surface area contributed by atoms with E-state index < -0.39 is 5.60 Å². The number of fused-ring (bicyclic) bond motifs is 3. The second kappa shape index (κ2) is 3.21. The minimum atomic E-state index is -0.713. The van der Waals surface area contributed by atoms with Crippen LogP contribution in [0.3, 0.4) is 0 Å². The summed E-state index contributed by atoms with van der Waals surface area (Å²) in [5.74, 6) is 0.306. The van der Waals surface area contributed by atoms with E-state index in [1.54, 1.807) is 6.92 Å². The van der Waals surface area contributed by atoms with Crippen LogP contribution in [0.25, 0.3) is 0 Å². The van der Waals surface area contributed by atoms with Crippen LogP contribution in [0.4, 0.5) is 0 Å². The highest BCUT2D eigenvalue weighted by Crippen LogP contribution is 2.41. The molecule has 2 bridgehead atoms. The lowest BCUT2D eigenvalue weighted by Crippen LogP contribution is -2.63. The van der Waals surface area contributed by atoms with Crippen molar-refractivity contribution >= 4 is 5.91 Å². The van der Waals surface area contributed by atoms with Gasteiger partial charge in [-0.3, -0.25) is 4.79 Å². The first-order valence-electron chi connectivity index (χ1n) is 5.26. The zero-order valence-electron chi connectivity index (χ0n) is 8.57. The summed E-state index contributed by atoms with van der Waals surface area (Å²) in [6, 6.07) is 0.214. The van der Waals surface area contributed by atoms with Crippen molar-refractivity contribution < 1.29 is 9.90 Å². The Labute approximate surface area is 84.1 Å². The van der Waals surface area contributed by atoms with Crippen LogP contribution in [-0.2, 0) is 4.79 Å². The highest BCUT2D eigenvalue weighted by atomic mass is 16.3. The van der Waals surface area contributed by atoms with Crippen LogP contribution in [0.5, 0.6) is 0 Å². The van der Waals surface area contributed by atoms with Gasteiger partial charge in [0.1, 0.15) is 0 Å². The van der Waals surface area contributed by atoms with Crippen molar-refractivity contribution in [1.29, 1.82) is 0 Å². The Morgan fingerprint density at radius 3 is 2.79 bits per heavy atom. The molecule has 1 aliphatic carbocycles. The van der Waals surface area contributed by atoms with E-state index in [-0.39, 0.29) is 17.9 Å². The van der Waals surface area contributed by atoms with Crippen LogP contribution in [-0.4, -0.2) is 40.6 Å². The lowest BCUT2D eigenvalue weighted by atomic mass is 9.69. The molecule has 0 aromatic rings. The van der Waals surface area contributed by atoms with Crippen molar-refractivity contribution in [2.24, 2.45) is 11.7 Å². The molecule has 4 heteroatoms. The molecule has 3 atom stereocenters. The molecule has 14 heavy (non-hydrogen) atoms. The molecular weight excluding hydrogens is 180 g/mol. The van der Waals surface area contributed by atoms with Crippen LogP contribution in [0.2, 0.25) is 0 Å². The van der Waals surface area contributed by atoms with Crippen molar-refractivity contribution in [3.63, 3.8) is 0 Å². The van der Waals surface area contributed by atoms with E-state index >= 15 is 0 Å². The van der Waals surface area contributed by atoms with Gasteiger partial charge in [0.05, 0.1) is 5.60 Å². The summed E-state index contributed by atoms with van der Waals surface area (Å²) in [5, 5.41) is 10.2. The van der Waals surface area contributed by atoms with Crippen LogP contribution in [0, 0.1) is 5.92 Å². The average Bonchev–Trinajstić information content (AvgIpc) is 2.18. The third-order valence-corrected chi connectivity index (χ3v) is 3.81. The van der Waals surface area contributed by atoms with Crippen molar-refractivity contribution in [2.45, 2.75) is 37.8 Å². The molecule has 3 rings (SSSR count). The highest BCUT2D eigenvalue weighted by Gasteiger charge is 2.49. The summed E-state index contributed by atoms with van der Waals surface area (Å²) < 4.78 is 0. The molecular formula is C10H18N2O2. The third-order valence-electron chi connectivity index (χ3n) is 3.81. The van der Waals surface area contributed by atoms with Crippen molar-refractivity contribution in [3.8, 4) is 0 Å². The van der Waals surface area contributed by atoms with Gasteiger partial charge in [-0.25, -0.2) is 0 Å². The summed E-state index contributed by atoms with van der Waals surface area (Å²) >= 11 is 0. The standard InChI is InChI=1S/C10H18N2O2/c1-7(13)12-5-8-2-3-9(12)4-10(8,14)6-11/h8-9,14H,2-6,11H2,1H3. The number of aliphatic hydroxyl groups is 1. The number of carbonyl (C=O) groups excluding carboxylic acids is 1. The minimum Gasteiger partial charge on any atom is -0.388 e. The zero-order valence-corrected chi connectivity index (χ0v) is 8.57. The van der Waals surface area contributed by atoms with E-state index in [0.717, 1.165) is 12.8 Å². The lowest BCUT2D eigenvalue weighted by molar-refractivity contribution is -0.154. The second-order valence-corrected chi connectivity index (χ2v) is 4.61. The average molecular weight is 198 g/mol. The Hall–Kier alpha value is -0.610. The molecule has 0 spiro atoms. The molecule has 2 aliphatic heterocycles. The number of hydrogen-bond acceptors (Lipinski definition) is 3. The molecule has 3 fully saturated rings. The summed E-state index contributed by atoms with van der Waals surface area (Å²) in [6.45, 7) is 2.61. The maximum absolute atomic E-state index is 11.3. The van der Waals surface area contributed by atoms with Gasteiger partial charge in [-0.15, -0.1) is 0 Å². The first-order chi connectivity index (χ1) is 6.57. The lowest BCUT2D eigenvalue weighted by Gasteiger charge is -2.53. The molecule has 80 valence electrons. The van der Waals surface area contributed by atoms with Gasteiger partial charge in [-0.1, -0.05) is 0 Å². The van der Waals surface area contributed by atoms with Crippen LogP contribution in [0.15, 0.2) is 0 Å². The zero-order chi connectivity index (χ0) is 10.3. The van der Waals surface area contributed by atoms with E-state index in [9.17, 15) is 9.90 Å². The SMILES string of the molecule is CC(=O)N1CC2CCC1CC2(O)CN. The Kier molecular flexibility index (Phi) is 2.27. The van der Waals surface area contributed by atoms with Crippen molar-refractivity contribution in [2.75, 3.05) is 13.1 Å². The number of hydrogen-bond donors (Lipinski definition) is 2. The predicted molar refractivity (Wildman–Crippen MR) is 52.5 cm³/mol. The number of rotatable bonds is 1. The van der Waals surface area contributed by atoms with Gasteiger partial charge < -0.3 is 15.7 Å². The fourth-order valence-electron chi connectivity index (χ4n) is 2.89. The quantitative estimate of drug-likeness (QED) is 0.608. The predicted octanol–water partition coefficient (Wildman–Crippen LogP) is -0.293. The molecule has 2 heterocycles. The van der Waals surface area contributed by atoms with E-state index in [0.29, 0.717) is 19.5 Å². The van der Waals surface area contributed by atoms with Gasteiger partial charge >= 0.3 is 0 Å². The molecule has 0 radical (unpaired) electrons. The van der Waals surface area contributed by atoms with Gasteiger partial charge in [0.2, 0.25) is 5.91 Å². The topological polar surface area (TPSA) is 66.6 Å². The van der Waals surface area contributed by atoms with E-state index in [1.807, 2.05) is 4.90 Å². The number of piperidine rings is 2. The molecule has 2 saturated heterocycles. The molecule has 0 aromatic carbocycles. The van der Waals surface area contributed by atoms with Crippen molar-refractivity contribution in [3.05, 3.63) is 0 Å². The first-order valence-corrected chi connectivity index (χ1v) is 5.26. The summed E-state index contributed by atoms with van der Waals surface area (Å²) in [4.78, 5) is 13.2. The van der Waals surface area contributed by atoms with E-state index in [1.165, 1.54) is 0 Å². The largest absolute Gasteiger partial charge is 0.388 e. The Balaban J connectivity index is 2.16. The number of carbonyl (C=O) groups is 1. The number of nitrogens with zero attached hydrogens (tertiary/aromatic N) is 1.